The van der Waals surface area contributed by atoms with Crippen LogP contribution >= 0.6 is 11.6 Å². The summed E-state index contributed by atoms with van der Waals surface area (Å²) in [5.74, 6) is 0.551. The topological polar surface area (TPSA) is 74.8 Å². The van der Waals surface area contributed by atoms with Crippen LogP contribution in [0.25, 0.3) is 11.0 Å². The van der Waals surface area contributed by atoms with Crippen LogP contribution in [0.4, 0.5) is 5.95 Å². The molecule has 0 radical (unpaired) electrons. The molecule has 0 saturated carbocycles. The number of sulfonamides is 1. The minimum atomic E-state index is -3.37. The molecule has 0 amide bonds. The third-order valence-corrected chi connectivity index (χ3v) is 3.79. The number of fused-ring (bicyclic) bond motifs is 1. The average molecular weight is 274 g/mol. The molecule has 0 aliphatic rings. The number of para-hydroxylation sites is 2. The number of H-pyrrole nitrogens is 1. The minimum absolute atomic E-state index is 0.00640. The lowest BCUT2D eigenvalue weighted by Crippen LogP contribution is -2.17. The fraction of sp³-hybridized carbons (Fsp3) is 0.300. The van der Waals surface area contributed by atoms with Gasteiger partial charge in [-0.2, -0.15) is 0 Å². The van der Waals surface area contributed by atoms with Crippen LogP contribution in [0.1, 0.15) is 6.42 Å². The van der Waals surface area contributed by atoms with Crippen LogP contribution in [0.5, 0.6) is 0 Å². The van der Waals surface area contributed by atoms with Crippen molar-refractivity contribution in [1.82, 2.24) is 9.97 Å². The first-order chi connectivity index (χ1) is 8.11. The number of hydrogen-bond acceptors (Lipinski definition) is 3. The Morgan fingerprint density at radius 1 is 1.35 bits per heavy atom. The Hall–Kier alpha value is -1.27. The molecule has 0 atom stereocenters. The summed E-state index contributed by atoms with van der Waals surface area (Å²) in [6.07, 6.45) is 0.414. The number of benzene rings is 1. The number of aromatic nitrogens is 2. The Labute approximate surface area is 104 Å². The highest BCUT2D eigenvalue weighted by molar-refractivity contribution is 7.92. The number of imidazole rings is 1. The summed E-state index contributed by atoms with van der Waals surface area (Å²) in [7, 11) is -3.37. The predicted molar refractivity (Wildman–Crippen MR) is 68.8 cm³/mol. The number of anilines is 1. The average Bonchev–Trinajstić information content (AvgIpc) is 2.67. The predicted octanol–water partition coefficient (Wildman–Crippen LogP) is 1.93. The molecule has 0 unspecified atom stereocenters. The van der Waals surface area contributed by atoms with Crippen molar-refractivity contribution < 1.29 is 8.42 Å². The number of alkyl halides is 1. The molecule has 5 nitrogen and oxygen atoms in total. The lowest BCUT2D eigenvalue weighted by atomic mass is 10.3. The fourth-order valence-electron chi connectivity index (χ4n) is 1.44. The maximum absolute atomic E-state index is 11.6. The fourth-order valence-corrected chi connectivity index (χ4v) is 2.75. The van der Waals surface area contributed by atoms with Crippen molar-refractivity contribution in [3.05, 3.63) is 24.3 Å². The van der Waals surface area contributed by atoms with Gasteiger partial charge in [0, 0.05) is 5.88 Å². The molecule has 0 saturated heterocycles. The van der Waals surface area contributed by atoms with Gasteiger partial charge in [0.25, 0.3) is 0 Å². The van der Waals surface area contributed by atoms with Crippen LogP contribution in [0.15, 0.2) is 24.3 Å². The van der Waals surface area contributed by atoms with E-state index in [1.165, 1.54) is 0 Å². The van der Waals surface area contributed by atoms with Gasteiger partial charge in [0.1, 0.15) is 0 Å². The summed E-state index contributed by atoms with van der Waals surface area (Å²) in [6.45, 7) is 0. The lowest BCUT2D eigenvalue weighted by molar-refractivity contribution is 0.599. The van der Waals surface area contributed by atoms with Crippen LogP contribution in [-0.4, -0.2) is 30.0 Å². The van der Waals surface area contributed by atoms with E-state index in [-0.39, 0.29) is 11.7 Å². The second kappa shape index (κ2) is 4.93. The number of nitrogens with zero attached hydrogens (tertiary/aromatic N) is 1. The summed E-state index contributed by atoms with van der Waals surface area (Å²) in [4.78, 5) is 7.02. The molecule has 2 aromatic rings. The Bertz CT molecular complexity index is 576. The Morgan fingerprint density at radius 2 is 2.12 bits per heavy atom. The van der Waals surface area contributed by atoms with E-state index in [0.717, 1.165) is 11.0 Å². The molecule has 0 aliphatic carbocycles. The quantitative estimate of drug-likeness (QED) is 0.818. The van der Waals surface area contributed by atoms with Crippen molar-refractivity contribution >= 4 is 38.6 Å². The zero-order chi connectivity index (χ0) is 12.3. The number of rotatable bonds is 5. The van der Waals surface area contributed by atoms with Gasteiger partial charge in [-0.25, -0.2) is 13.4 Å². The van der Waals surface area contributed by atoms with Crippen molar-refractivity contribution in [2.45, 2.75) is 6.42 Å². The van der Waals surface area contributed by atoms with E-state index < -0.39 is 10.0 Å². The highest BCUT2D eigenvalue weighted by atomic mass is 35.5. The minimum Gasteiger partial charge on any atom is -0.323 e. The molecule has 0 bridgehead atoms. The van der Waals surface area contributed by atoms with Crippen LogP contribution in [0, 0.1) is 0 Å². The van der Waals surface area contributed by atoms with Gasteiger partial charge >= 0.3 is 0 Å². The van der Waals surface area contributed by atoms with Crippen molar-refractivity contribution in [3.63, 3.8) is 0 Å². The Kier molecular flexibility index (Phi) is 3.54. The van der Waals surface area contributed by atoms with E-state index in [1.807, 2.05) is 24.3 Å². The molecule has 1 heterocycles. The van der Waals surface area contributed by atoms with Crippen LogP contribution in [0.3, 0.4) is 0 Å². The Balaban J connectivity index is 2.18. The number of halogens is 1. The van der Waals surface area contributed by atoms with Gasteiger partial charge in [0.2, 0.25) is 16.0 Å². The molecule has 2 rings (SSSR count). The SMILES string of the molecule is O=S(=O)(CCCCl)Nc1nc2ccccc2[nH]1. The van der Waals surface area contributed by atoms with Gasteiger partial charge in [-0.15, -0.1) is 11.6 Å². The first-order valence-corrected chi connectivity index (χ1v) is 7.30. The molecule has 2 N–H and O–H groups in total. The summed E-state index contributed by atoms with van der Waals surface area (Å²) in [6, 6.07) is 7.34. The molecular weight excluding hydrogens is 262 g/mol. The molecular formula is C10H12ClN3O2S. The molecule has 1 aromatic heterocycles. The summed E-state index contributed by atoms with van der Waals surface area (Å²) in [5.41, 5.74) is 1.52. The lowest BCUT2D eigenvalue weighted by Gasteiger charge is -2.02. The maximum atomic E-state index is 11.6. The van der Waals surface area contributed by atoms with Crippen molar-refractivity contribution in [2.24, 2.45) is 0 Å². The third-order valence-electron chi connectivity index (χ3n) is 2.19. The van der Waals surface area contributed by atoms with Crippen molar-refractivity contribution in [2.75, 3.05) is 16.4 Å². The molecule has 0 aliphatic heterocycles. The standard InChI is InChI=1S/C10H12ClN3O2S/c11-6-3-7-17(15,16)14-10-12-8-4-1-2-5-9(8)13-10/h1-2,4-5H,3,6-7H2,(H2,12,13,14). The summed E-state index contributed by atoms with van der Waals surface area (Å²) in [5, 5.41) is 0. The van der Waals surface area contributed by atoms with Crippen LogP contribution < -0.4 is 4.72 Å². The van der Waals surface area contributed by atoms with E-state index >= 15 is 0 Å². The zero-order valence-electron chi connectivity index (χ0n) is 8.98. The normalized spacial score (nSPS) is 11.8. The largest absolute Gasteiger partial charge is 0.323 e. The van der Waals surface area contributed by atoms with E-state index in [4.69, 9.17) is 11.6 Å². The second-order valence-corrected chi connectivity index (χ2v) is 5.79. The maximum Gasteiger partial charge on any atom is 0.235 e. The molecule has 7 heteroatoms. The molecule has 92 valence electrons. The van der Waals surface area contributed by atoms with Gasteiger partial charge in [0.15, 0.2) is 0 Å². The van der Waals surface area contributed by atoms with E-state index in [2.05, 4.69) is 14.7 Å². The Morgan fingerprint density at radius 3 is 2.82 bits per heavy atom. The molecule has 17 heavy (non-hydrogen) atoms. The first kappa shape index (κ1) is 12.2. The molecule has 0 fully saturated rings. The molecule has 0 spiro atoms. The van der Waals surface area contributed by atoms with Gasteiger partial charge in [-0.1, -0.05) is 12.1 Å². The van der Waals surface area contributed by atoms with E-state index in [0.29, 0.717) is 12.3 Å². The number of aromatic amines is 1. The second-order valence-electron chi connectivity index (χ2n) is 3.57. The van der Waals surface area contributed by atoms with Crippen molar-refractivity contribution in [1.29, 1.82) is 0 Å². The van der Waals surface area contributed by atoms with Gasteiger partial charge in [0.05, 0.1) is 16.8 Å². The van der Waals surface area contributed by atoms with Crippen LogP contribution in [0.2, 0.25) is 0 Å². The highest BCUT2D eigenvalue weighted by Crippen LogP contribution is 2.14. The van der Waals surface area contributed by atoms with Crippen molar-refractivity contribution in [3.8, 4) is 0 Å². The smallest absolute Gasteiger partial charge is 0.235 e. The van der Waals surface area contributed by atoms with E-state index in [1.54, 1.807) is 0 Å². The summed E-state index contributed by atoms with van der Waals surface area (Å²) < 4.78 is 25.6. The summed E-state index contributed by atoms with van der Waals surface area (Å²) >= 11 is 5.46. The first-order valence-electron chi connectivity index (χ1n) is 5.12. The zero-order valence-corrected chi connectivity index (χ0v) is 10.6. The monoisotopic (exact) mass is 273 g/mol. The van der Waals surface area contributed by atoms with Gasteiger partial charge < -0.3 is 4.98 Å². The number of hydrogen-bond donors (Lipinski definition) is 2. The van der Waals surface area contributed by atoms with E-state index in [9.17, 15) is 8.42 Å². The molecule has 1 aromatic carbocycles. The number of nitrogens with one attached hydrogen (secondary N) is 2. The van der Waals surface area contributed by atoms with Gasteiger partial charge in [-0.3, -0.25) is 4.72 Å². The van der Waals surface area contributed by atoms with Gasteiger partial charge in [-0.05, 0) is 18.6 Å². The third kappa shape index (κ3) is 3.10. The van der Waals surface area contributed by atoms with Crippen LogP contribution in [-0.2, 0) is 10.0 Å². The highest BCUT2D eigenvalue weighted by Gasteiger charge is 2.12.